The molecule has 28 heavy (non-hydrogen) atoms. The summed E-state index contributed by atoms with van der Waals surface area (Å²) >= 11 is 0. The van der Waals surface area contributed by atoms with E-state index in [1.807, 2.05) is 24.3 Å². The van der Waals surface area contributed by atoms with Gasteiger partial charge in [0, 0.05) is 26.1 Å². The highest BCUT2D eigenvalue weighted by atomic mass is 19.1. The molecule has 1 aliphatic heterocycles. The van der Waals surface area contributed by atoms with Crippen LogP contribution in [0.3, 0.4) is 0 Å². The standard InChI is InChI=1S/C22H27FN2O3/c1-27-19-9-6-18(7-10-19)21(25-12-14-28-15-13-25)16-24-22(26)11-8-17-4-2-3-5-20(17)23/h2-7,9-10,21H,8,11-16H2,1H3,(H,24,26). The molecule has 150 valence electrons. The van der Waals surface area contributed by atoms with Crippen molar-refractivity contribution in [3.63, 3.8) is 0 Å². The molecule has 1 aliphatic rings. The fourth-order valence-electron chi connectivity index (χ4n) is 3.42. The minimum Gasteiger partial charge on any atom is -0.497 e. The predicted octanol–water partition coefficient (Wildman–Crippen LogP) is 2.96. The average Bonchev–Trinajstić information content (AvgIpc) is 2.74. The Bertz CT molecular complexity index is 761. The first kappa shape index (κ1) is 20.3. The van der Waals surface area contributed by atoms with E-state index in [0.29, 0.717) is 31.7 Å². The van der Waals surface area contributed by atoms with Crippen molar-refractivity contribution in [1.29, 1.82) is 0 Å². The van der Waals surface area contributed by atoms with E-state index in [2.05, 4.69) is 10.2 Å². The Labute approximate surface area is 165 Å². The van der Waals surface area contributed by atoms with Crippen LogP contribution in [0, 0.1) is 5.82 Å². The summed E-state index contributed by atoms with van der Waals surface area (Å²) in [6.07, 6.45) is 0.655. The number of aryl methyl sites for hydroxylation is 1. The number of carbonyl (C=O) groups excluding carboxylic acids is 1. The van der Waals surface area contributed by atoms with E-state index in [1.54, 1.807) is 25.3 Å². The number of hydrogen-bond donors (Lipinski definition) is 1. The quantitative estimate of drug-likeness (QED) is 0.758. The van der Waals surface area contributed by atoms with Crippen molar-refractivity contribution >= 4 is 5.91 Å². The van der Waals surface area contributed by atoms with Crippen molar-refractivity contribution in [3.8, 4) is 5.75 Å². The van der Waals surface area contributed by atoms with Gasteiger partial charge in [0.25, 0.3) is 0 Å². The molecule has 1 atom stereocenters. The molecular weight excluding hydrogens is 359 g/mol. The average molecular weight is 386 g/mol. The third kappa shape index (κ3) is 5.53. The van der Waals surface area contributed by atoms with Crippen LogP contribution in [0.2, 0.25) is 0 Å². The molecule has 1 amide bonds. The molecule has 1 fully saturated rings. The van der Waals surface area contributed by atoms with Crippen LogP contribution in [0.5, 0.6) is 5.75 Å². The van der Waals surface area contributed by atoms with Crippen LogP contribution in [0.4, 0.5) is 4.39 Å². The van der Waals surface area contributed by atoms with Gasteiger partial charge in [-0.3, -0.25) is 9.69 Å². The Morgan fingerprint density at radius 3 is 2.57 bits per heavy atom. The molecule has 2 aromatic rings. The van der Waals surface area contributed by atoms with E-state index in [9.17, 15) is 9.18 Å². The van der Waals surface area contributed by atoms with Crippen LogP contribution < -0.4 is 10.1 Å². The zero-order chi connectivity index (χ0) is 19.8. The van der Waals surface area contributed by atoms with Gasteiger partial charge in [-0.25, -0.2) is 4.39 Å². The number of benzene rings is 2. The maximum atomic E-state index is 13.7. The number of hydrogen-bond acceptors (Lipinski definition) is 4. The number of halogens is 1. The van der Waals surface area contributed by atoms with Crippen molar-refractivity contribution in [1.82, 2.24) is 10.2 Å². The molecular formula is C22H27FN2O3. The minimum absolute atomic E-state index is 0.0622. The molecule has 2 aromatic carbocycles. The Hall–Kier alpha value is -2.44. The van der Waals surface area contributed by atoms with E-state index < -0.39 is 0 Å². The number of amides is 1. The minimum atomic E-state index is -0.264. The summed E-state index contributed by atoms with van der Waals surface area (Å²) in [7, 11) is 1.64. The van der Waals surface area contributed by atoms with E-state index in [-0.39, 0.29) is 24.2 Å². The lowest BCUT2D eigenvalue weighted by atomic mass is 10.0. The van der Waals surface area contributed by atoms with Gasteiger partial charge in [-0.1, -0.05) is 30.3 Å². The number of morpholine rings is 1. The molecule has 6 heteroatoms. The summed E-state index contributed by atoms with van der Waals surface area (Å²) in [5, 5.41) is 3.02. The lowest BCUT2D eigenvalue weighted by Gasteiger charge is -2.35. The number of methoxy groups -OCH3 is 1. The molecule has 0 radical (unpaired) electrons. The fourth-order valence-corrected chi connectivity index (χ4v) is 3.42. The molecule has 1 unspecified atom stereocenters. The normalized spacial score (nSPS) is 15.8. The molecule has 0 aromatic heterocycles. The smallest absolute Gasteiger partial charge is 0.220 e. The van der Waals surface area contributed by atoms with Gasteiger partial charge < -0.3 is 14.8 Å². The molecule has 1 heterocycles. The van der Waals surface area contributed by atoms with Crippen molar-refractivity contribution in [3.05, 3.63) is 65.5 Å². The van der Waals surface area contributed by atoms with Crippen LogP contribution in [0.15, 0.2) is 48.5 Å². The second kappa shape index (κ2) is 10.2. The third-order valence-corrected chi connectivity index (χ3v) is 5.06. The first-order chi connectivity index (χ1) is 13.7. The summed E-state index contributed by atoms with van der Waals surface area (Å²) in [4.78, 5) is 14.7. The van der Waals surface area contributed by atoms with Gasteiger partial charge in [0.05, 0.1) is 26.4 Å². The lowest BCUT2D eigenvalue weighted by Crippen LogP contribution is -2.43. The van der Waals surface area contributed by atoms with Crippen molar-refractivity contribution in [2.75, 3.05) is 40.0 Å². The van der Waals surface area contributed by atoms with Gasteiger partial charge in [0.1, 0.15) is 11.6 Å². The number of carbonyl (C=O) groups is 1. The third-order valence-electron chi connectivity index (χ3n) is 5.06. The van der Waals surface area contributed by atoms with Crippen molar-refractivity contribution < 1.29 is 18.7 Å². The molecule has 1 N–H and O–H groups in total. The van der Waals surface area contributed by atoms with Crippen LogP contribution in [-0.4, -0.2) is 50.8 Å². The van der Waals surface area contributed by atoms with Crippen LogP contribution >= 0.6 is 0 Å². The molecule has 5 nitrogen and oxygen atoms in total. The number of rotatable bonds is 8. The van der Waals surface area contributed by atoms with Crippen LogP contribution in [0.1, 0.15) is 23.6 Å². The summed E-state index contributed by atoms with van der Waals surface area (Å²) in [6.45, 7) is 3.52. The maximum absolute atomic E-state index is 13.7. The first-order valence-electron chi connectivity index (χ1n) is 9.63. The highest BCUT2D eigenvalue weighted by Crippen LogP contribution is 2.23. The van der Waals surface area contributed by atoms with Gasteiger partial charge in [-0.2, -0.15) is 0 Å². The molecule has 0 saturated carbocycles. The van der Waals surface area contributed by atoms with Gasteiger partial charge in [0.2, 0.25) is 5.91 Å². The van der Waals surface area contributed by atoms with E-state index in [1.165, 1.54) is 6.07 Å². The second-order valence-corrected chi connectivity index (χ2v) is 6.83. The zero-order valence-corrected chi connectivity index (χ0v) is 16.2. The molecule has 0 aliphatic carbocycles. The molecule has 1 saturated heterocycles. The first-order valence-corrected chi connectivity index (χ1v) is 9.63. The predicted molar refractivity (Wildman–Crippen MR) is 106 cm³/mol. The fraction of sp³-hybridized carbons (Fsp3) is 0.409. The van der Waals surface area contributed by atoms with Gasteiger partial charge >= 0.3 is 0 Å². The monoisotopic (exact) mass is 386 g/mol. The highest BCUT2D eigenvalue weighted by Gasteiger charge is 2.23. The second-order valence-electron chi connectivity index (χ2n) is 6.83. The summed E-state index contributed by atoms with van der Waals surface area (Å²) in [5.74, 6) is 0.466. The summed E-state index contributed by atoms with van der Waals surface area (Å²) < 4.78 is 24.4. The molecule has 3 rings (SSSR count). The van der Waals surface area contributed by atoms with E-state index in [4.69, 9.17) is 9.47 Å². The lowest BCUT2D eigenvalue weighted by molar-refractivity contribution is -0.121. The Balaban J connectivity index is 1.60. The zero-order valence-electron chi connectivity index (χ0n) is 16.2. The van der Waals surface area contributed by atoms with Crippen LogP contribution in [-0.2, 0) is 16.0 Å². The van der Waals surface area contributed by atoms with Crippen molar-refractivity contribution in [2.45, 2.75) is 18.9 Å². The topological polar surface area (TPSA) is 50.8 Å². The van der Waals surface area contributed by atoms with Gasteiger partial charge in [-0.05, 0) is 35.7 Å². The Morgan fingerprint density at radius 1 is 1.18 bits per heavy atom. The Morgan fingerprint density at radius 2 is 1.89 bits per heavy atom. The Kier molecular flexibility index (Phi) is 7.39. The summed E-state index contributed by atoms with van der Waals surface area (Å²) in [5.41, 5.74) is 1.69. The van der Waals surface area contributed by atoms with Crippen LogP contribution in [0.25, 0.3) is 0 Å². The largest absolute Gasteiger partial charge is 0.497 e. The number of ether oxygens (including phenoxy) is 2. The number of nitrogens with one attached hydrogen (secondary N) is 1. The number of nitrogens with zero attached hydrogens (tertiary/aromatic N) is 1. The maximum Gasteiger partial charge on any atom is 0.220 e. The SMILES string of the molecule is COc1ccc(C(CNC(=O)CCc2ccccc2F)N2CCOCC2)cc1. The van der Waals surface area contributed by atoms with E-state index >= 15 is 0 Å². The van der Waals surface area contributed by atoms with Gasteiger partial charge in [-0.15, -0.1) is 0 Å². The molecule has 0 spiro atoms. The van der Waals surface area contributed by atoms with E-state index in [0.717, 1.165) is 24.4 Å². The van der Waals surface area contributed by atoms with Gasteiger partial charge in [0.15, 0.2) is 0 Å². The summed E-state index contributed by atoms with van der Waals surface area (Å²) in [6, 6.07) is 14.6. The van der Waals surface area contributed by atoms with Crippen molar-refractivity contribution in [2.24, 2.45) is 0 Å². The highest BCUT2D eigenvalue weighted by molar-refractivity contribution is 5.76. The molecule has 0 bridgehead atoms.